The predicted molar refractivity (Wildman–Crippen MR) is 91.7 cm³/mol. The second-order valence-corrected chi connectivity index (χ2v) is 5.84. The maximum Gasteiger partial charge on any atom is 0.123 e. The topological polar surface area (TPSA) is 41.3 Å². The normalized spacial score (nSPS) is 11.1. The van der Waals surface area contributed by atoms with Crippen LogP contribution in [0.4, 0.5) is 4.39 Å². The lowest BCUT2D eigenvalue weighted by Gasteiger charge is -2.15. The van der Waals surface area contributed by atoms with Crippen LogP contribution in [0.1, 0.15) is 11.3 Å². The number of hydrogen-bond acceptors (Lipinski definition) is 3. The number of nitrogens with zero attached hydrogens (tertiary/aromatic N) is 3. The van der Waals surface area contributed by atoms with E-state index in [2.05, 4.69) is 10.00 Å². The van der Waals surface area contributed by atoms with Crippen molar-refractivity contribution in [2.75, 3.05) is 13.6 Å². The van der Waals surface area contributed by atoms with Gasteiger partial charge >= 0.3 is 0 Å². The highest BCUT2D eigenvalue weighted by atomic mass is 19.1. The molecule has 4 nitrogen and oxygen atoms in total. The molecule has 0 aliphatic heterocycles. The predicted octanol–water partition coefficient (Wildman–Crippen LogP) is 3.39. The molecule has 0 aliphatic rings. The number of aromatic nitrogens is 2. The van der Waals surface area contributed by atoms with Crippen molar-refractivity contribution in [3.05, 3.63) is 77.9 Å². The molecule has 0 bridgehead atoms. The quantitative estimate of drug-likeness (QED) is 0.755. The number of rotatable bonds is 6. The summed E-state index contributed by atoms with van der Waals surface area (Å²) in [5.74, 6) is 0.0847. The zero-order chi connectivity index (χ0) is 16.9. The molecule has 0 fully saturated rings. The Bertz CT molecular complexity index is 798. The van der Waals surface area contributed by atoms with E-state index in [9.17, 15) is 9.50 Å². The van der Waals surface area contributed by atoms with Crippen molar-refractivity contribution in [2.24, 2.45) is 0 Å². The number of phenols is 1. The molecule has 0 amide bonds. The van der Waals surface area contributed by atoms with E-state index in [-0.39, 0.29) is 5.82 Å². The molecule has 0 spiro atoms. The van der Waals surface area contributed by atoms with Crippen LogP contribution in [0.3, 0.4) is 0 Å². The molecule has 1 heterocycles. The van der Waals surface area contributed by atoms with Crippen LogP contribution >= 0.6 is 0 Å². The smallest absolute Gasteiger partial charge is 0.123 e. The SMILES string of the molecule is CN(CCc1ccccc1O)Cc1ccn(-c2ccc(F)cc2)n1. The van der Waals surface area contributed by atoms with Gasteiger partial charge in [-0.15, -0.1) is 0 Å². The third-order valence-electron chi connectivity index (χ3n) is 3.92. The summed E-state index contributed by atoms with van der Waals surface area (Å²) < 4.78 is 14.7. The Labute approximate surface area is 140 Å². The summed E-state index contributed by atoms with van der Waals surface area (Å²) >= 11 is 0. The summed E-state index contributed by atoms with van der Waals surface area (Å²) in [4.78, 5) is 2.16. The van der Waals surface area contributed by atoms with Gasteiger partial charge in [0.1, 0.15) is 11.6 Å². The van der Waals surface area contributed by atoms with Crippen molar-refractivity contribution in [1.29, 1.82) is 0 Å². The third kappa shape index (κ3) is 4.00. The largest absolute Gasteiger partial charge is 0.508 e. The number of hydrogen-bond donors (Lipinski definition) is 1. The lowest BCUT2D eigenvalue weighted by atomic mass is 10.1. The lowest BCUT2D eigenvalue weighted by Crippen LogP contribution is -2.21. The molecule has 24 heavy (non-hydrogen) atoms. The van der Waals surface area contributed by atoms with Gasteiger partial charge in [-0.3, -0.25) is 0 Å². The van der Waals surface area contributed by atoms with Crippen LogP contribution in [-0.2, 0) is 13.0 Å². The van der Waals surface area contributed by atoms with E-state index in [1.165, 1.54) is 12.1 Å². The highest BCUT2D eigenvalue weighted by Gasteiger charge is 2.07. The monoisotopic (exact) mass is 325 g/mol. The average Bonchev–Trinajstić information content (AvgIpc) is 3.03. The van der Waals surface area contributed by atoms with E-state index in [1.54, 1.807) is 22.9 Å². The third-order valence-corrected chi connectivity index (χ3v) is 3.92. The maximum absolute atomic E-state index is 13.0. The molecule has 1 N–H and O–H groups in total. The van der Waals surface area contributed by atoms with E-state index < -0.39 is 0 Å². The molecule has 0 atom stereocenters. The van der Waals surface area contributed by atoms with Gasteiger partial charge in [-0.1, -0.05) is 18.2 Å². The minimum Gasteiger partial charge on any atom is -0.508 e. The Kier molecular flexibility index (Phi) is 4.91. The van der Waals surface area contributed by atoms with E-state index in [0.29, 0.717) is 12.3 Å². The fraction of sp³-hybridized carbons (Fsp3) is 0.211. The summed E-state index contributed by atoms with van der Waals surface area (Å²) in [5, 5.41) is 14.3. The van der Waals surface area contributed by atoms with Crippen LogP contribution in [0.2, 0.25) is 0 Å². The summed E-state index contributed by atoms with van der Waals surface area (Å²) in [5.41, 5.74) is 2.72. The van der Waals surface area contributed by atoms with Gasteiger partial charge in [0.05, 0.1) is 11.4 Å². The summed E-state index contributed by atoms with van der Waals surface area (Å²) in [7, 11) is 2.02. The first-order chi connectivity index (χ1) is 11.6. The molecule has 5 heteroatoms. The van der Waals surface area contributed by atoms with Gasteiger partial charge in [-0.2, -0.15) is 5.10 Å². The van der Waals surface area contributed by atoms with Crippen LogP contribution in [0, 0.1) is 5.82 Å². The molecular weight excluding hydrogens is 305 g/mol. The van der Waals surface area contributed by atoms with Gasteiger partial charge in [-0.05, 0) is 55.4 Å². The first-order valence-corrected chi connectivity index (χ1v) is 7.88. The second-order valence-electron chi connectivity index (χ2n) is 5.84. The van der Waals surface area contributed by atoms with E-state index in [0.717, 1.165) is 29.9 Å². The maximum atomic E-state index is 13.0. The zero-order valence-electron chi connectivity index (χ0n) is 13.6. The molecule has 0 radical (unpaired) electrons. The van der Waals surface area contributed by atoms with Crippen LogP contribution in [0.5, 0.6) is 5.75 Å². The molecule has 3 rings (SSSR count). The Morgan fingerprint density at radius 3 is 2.58 bits per heavy atom. The van der Waals surface area contributed by atoms with Gasteiger partial charge in [0.25, 0.3) is 0 Å². The minimum atomic E-state index is -0.255. The zero-order valence-corrected chi connectivity index (χ0v) is 13.6. The lowest BCUT2D eigenvalue weighted by molar-refractivity contribution is 0.324. The Morgan fingerprint density at radius 1 is 1.08 bits per heavy atom. The van der Waals surface area contributed by atoms with E-state index in [4.69, 9.17) is 0 Å². The van der Waals surface area contributed by atoms with Gasteiger partial charge in [-0.25, -0.2) is 9.07 Å². The second kappa shape index (κ2) is 7.27. The van der Waals surface area contributed by atoms with E-state index >= 15 is 0 Å². The van der Waals surface area contributed by atoms with Gasteiger partial charge in [0, 0.05) is 19.3 Å². The molecule has 0 aliphatic carbocycles. The van der Waals surface area contributed by atoms with Crippen molar-refractivity contribution < 1.29 is 9.50 Å². The average molecular weight is 325 g/mol. The number of likely N-dealkylation sites (N-methyl/N-ethyl adjacent to an activating group) is 1. The summed E-state index contributed by atoms with van der Waals surface area (Å²) in [6.45, 7) is 1.53. The van der Waals surface area contributed by atoms with Gasteiger partial charge in [0.2, 0.25) is 0 Å². The number of halogens is 1. The number of para-hydroxylation sites is 1. The number of phenolic OH excluding ortho intramolecular Hbond substituents is 1. The van der Waals surface area contributed by atoms with Crippen molar-refractivity contribution in [2.45, 2.75) is 13.0 Å². The Morgan fingerprint density at radius 2 is 1.83 bits per heavy atom. The van der Waals surface area contributed by atoms with Crippen molar-refractivity contribution in [1.82, 2.24) is 14.7 Å². The highest BCUT2D eigenvalue weighted by molar-refractivity contribution is 5.32. The molecule has 0 unspecified atom stereocenters. The van der Waals surface area contributed by atoms with Crippen molar-refractivity contribution >= 4 is 0 Å². The van der Waals surface area contributed by atoms with E-state index in [1.807, 2.05) is 37.5 Å². The first kappa shape index (κ1) is 16.2. The van der Waals surface area contributed by atoms with Crippen LogP contribution in [0.25, 0.3) is 5.69 Å². The summed E-state index contributed by atoms with van der Waals surface area (Å²) in [6, 6.07) is 15.6. The van der Waals surface area contributed by atoms with Crippen LogP contribution in [0.15, 0.2) is 60.8 Å². The molecule has 124 valence electrons. The fourth-order valence-corrected chi connectivity index (χ4v) is 2.57. The van der Waals surface area contributed by atoms with Crippen molar-refractivity contribution in [3.63, 3.8) is 0 Å². The minimum absolute atomic E-state index is 0.255. The number of benzene rings is 2. The Hall–Kier alpha value is -2.66. The standard InChI is InChI=1S/C19H20FN3O/c1-22(12-10-15-4-2-3-5-19(15)24)14-17-11-13-23(21-17)18-8-6-16(20)7-9-18/h2-9,11,13,24H,10,12,14H2,1H3. The first-order valence-electron chi connectivity index (χ1n) is 7.88. The molecular formula is C19H20FN3O. The van der Waals surface area contributed by atoms with Crippen LogP contribution in [-0.4, -0.2) is 33.4 Å². The van der Waals surface area contributed by atoms with Gasteiger partial charge < -0.3 is 10.0 Å². The summed E-state index contributed by atoms with van der Waals surface area (Å²) in [6.07, 6.45) is 2.65. The van der Waals surface area contributed by atoms with Gasteiger partial charge in [0.15, 0.2) is 0 Å². The molecule has 2 aromatic carbocycles. The van der Waals surface area contributed by atoms with Crippen molar-refractivity contribution in [3.8, 4) is 11.4 Å². The fourth-order valence-electron chi connectivity index (χ4n) is 2.57. The highest BCUT2D eigenvalue weighted by Crippen LogP contribution is 2.16. The Balaban J connectivity index is 1.58. The molecule has 0 saturated carbocycles. The molecule has 0 saturated heterocycles. The number of aromatic hydroxyl groups is 1. The van der Waals surface area contributed by atoms with Crippen LogP contribution < -0.4 is 0 Å². The molecule has 1 aromatic heterocycles. The molecule has 3 aromatic rings.